The molecule has 0 radical (unpaired) electrons. The van der Waals surface area contributed by atoms with Crippen molar-refractivity contribution in [2.24, 2.45) is 5.92 Å². The SMILES string of the molecule is CC(C)[C@H](c1ccc(C(F)F)c(F)c1)n1nc(CO)c2c(=O)[nH]c(N(C)C)nc21. The summed E-state index contributed by atoms with van der Waals surface area (Å²) < 4.78 is 41.5. The van der Waals surface area contributed by atoms with Crippen LogP contribution in [0.25, 0.3) is 11.0 Å². The average Bonchev–Trinajstić information content (AvgIpc) is 3.00. The average molecular weight is 409 g/mol. The van der Waals surface area contributed by atoms with Gasteiger partial charge in [0, 0.05) is 14.1 Å². The van der Waals surface area contributed by atoms with E-state index < -0.39 is 36.0 Å². The Morgan fingerprint density at radius 3 is 2.48 bits per heavy atom. The van der Waals surface area contributed by atoms with Crippen LogP contribution in [0.15, 0.2) is 23.0 Å². The number of hydrogen-bond acceptors (Lipinski definition) is 5. The maximum absolute atomic E-state index is 14.2. The Bertz CT molecular complexity index is 1090. The van der Waals surface area contributed by atoms with Crippen molar-refractivity contribution < 1.29 is 18.3 Å². The summed E-state index contributed by atoms with van der Waals surface area (Å²) in [6.45, 7) is 3.23. The third-order valence-corrected chi connectivity index (χ3v) is 4.69. The minimum Gasteiger partial charge on any atom is -0.390 e. The molecule has 3 aromatic rings. The first-order chi connectivity index (χ1) is 13.6. The van der Waals surface area contributed by atoms with E-state index in [1.807, 2.05) is 13.8 Å². The number of halogens is 3. The van der Waals surface area contributed by atoms with Gasteiger partial charge >= 0.3 is 0 Å². The number of benzene rings is 1. The quantitative estimate of drug-likeness (QED) is 0.654. The lowest BCUT2D eigenvalue weighted by Crippen LogP contribution is -2.22. The van der Waals surface area contributed by atoms with Crippen molar-refractivity contribution in [1.82, 2.24) is 19.7 Å². The van der Waals surface area contributed by atoms with Crippen LogP contribution in [0.4, 0.5) is 19.1 Å². The second-order valence-corrected chi connectivity index (χ2v) is 7.30. The molecule has 0 aliphatic heterocycles. The Morgan fingerprint density at radius 2 is 1.97 bits per heavy atom. The fourth-order valence-electron chi connectivity index (χ4n) is 3.33. The van der Waals surface area contributed by atoms with Crippen molar-refractivity contribution in [3.05, 3.63) is 51.2 Å². The first-order valence-corrected chi connectivity index (χ1v) is 9.02. The van der Waals surface area contributed by atoms with E-state index in [9.17, 15) is 23.1 Å². The smallest absolute Gasteiger partial charge is 0.266 e. The van der Waals surface area contributed by atoms with Crippen molar-refractivity contribution in [2.45, 2.75) is 32.9 Å². The fourth-order valence-corrected chi connectivity index (χ4v) is 3.33. The summed E-state index contributed by atoms with van der Waals surface area (Å²) in [5.74, 6) is -0.873. The van der Waals surface area contributed by atoms with E-state index in [2.05, 4.69) is 15.1 Å². The molecule has 0 saturated heterocycles. The molecule has 2 heterocycles. The molecule has 3 rings (SSSR count). The van der Waals surface area contributed by atoms with E-state index in [1.54, 1.807) is 19.0 Å². The van der Waals surface area contributed by atoms with Gasteiger partial charge in [-0.3, -0.25) is 9.78 Å². The number of aliphatic hydroxyl groups excluding tert-OH is 1. The van der Waals surface area contributed by atoms with Gasteiger partial charge in [0.05, 0.1) is 18.2 Å². The lowest BCUT2D eigenvalue weighted by atomic mass is 9.95. The second kappa shape index (κ2) is 7.86. The maximum Gasteiger partial charge on any atom is 0.266 e. The van der Waals surface area contributed by atoms with Crippen molar-refractivity contribution in [1.29, 1.82) is 0 Å². The summed E-state index contributed by atoms with van der Waals surface area (Å²) >= 11 is 0. The lowest BCUT2D eigenvalue weighted by molar-refractivity contribution is 0.146. The van der Waals surface area contributed by atoms with Crippen LogP contribution in [-0.2, 0) is 6.61 Å². The topological polar surface area (TPSA) is 87.0 Å². The minimum atomic E-state index is -2.92. The number of H-pyrrole nitrogens is 1. The molecule has 10 heteroatoms. The monoisotopic (exact) mass is 409 g/mol. The molecular formula is C19H22F3N5O2. The molecule has 0 bridgehead atoms. The van der Waals surface area contributed by atoms with E-state index in [0.29, 0.717) is 5.56 Å². The summed E-state index contributed by atoms with van der Waals surface area (Å²) in [4.78, 5) is 21.3. The van der Waals surface area contributed by atoms with E-state index in [1.165, 1.54) is 10.7 Å². The Kier molecular flexibility index (Phi) is 5.65. The largest absolute Gasteiger partial charge is 0.390 e. The molecule has 0 amide bonds. The van der Waals surface area contributed by atoms with Crippen LogP contribution >= 0.6 is 0 Å². The van der Waals surface area contributed by atoms with Crippen LogP contribution in [0.3, 0.4) is 0 Å². The molecule has 1 aromatic carbocycles. The Morgan fingerprint density at radius 1 is 1.28 bits per heavy atom. The summed E-state index contributed by atoms with van der Waals surface area (Å²) in [6.07, 6.45) is -2.92. The molecule has 0 aliphatic rings. The molecule has 1 atom stereocenters. The highest BCUT2D eigenvalue weighted by molar-refractivity contribution is 5.78. The molecule has 0 unspecified atom stereocenters. The van der Waals surface area contributed by atoms with Crippen LogP contribution in [0, 0.1) is 11.7 Å². The summed E-state index contributed by atoms with van der Waals surface area (Å²) in [5.41, 5.74) is -0.380. The predicted molar refractivity (Wildman–Crippen MR) is 103 cm³/mol. The van der Waals surface area contributed by atoms with Crippen molar-refractivity contribution in [3.63, 3.8) is 0 Å². The van der Waals surface area contributed by atoms with E-state index in [-0.39, 0.29) is 28.6 Å². The normalized spacial score (nSPS) is 12.9. The van der Waals surface area contributed by atoms with Crippen LogP contribution in [0.5, 0.6) is 0 Å². The van der Waals surface area contributed by atoms with Gasteiger partial charge in [-0.05, 0) is 17.5 Å². The van der Waals surface area contributed by atoms with Gasteiger partial charge < -0.3 is 10.0 Å². The molecule has 0 saturated carbocycles. The number of fused-ring (bicyclic) bond motifs is 1. The highest BCUT2D eigenvalue weighted by atomic mass is 19.3. The number of nitrogens with zero attached hydrogens (tertiary/aromatic N) is 4. The summed E-state index contributed by atoms with van der Waals surface area (Å²) in [5, 5.41) is 14.2. The molecular weight excluding hydrogens is 387 g/mol. The highest BCUT2D eigenvalue weighted by Crippen LogP contribution is 2.32. The van der Waals surface area contributed by atoms with E-state index in [4.69, 9.17) is 0 Å². The molecule has 29 heavy (non-hydrogen) atoms. The van der Waals surface area contributed by atoms with Gasteiger partial charge in [0.25, 0.3) is 12.0 Å². The maximum atomic E-state index is 14.2. The highest BCUT2D eigenvalue weighted by Gasteiger charge is 2.27. The van der Waals surface area contributed by atoms with Crippen LogP contribution < -0.4 is 10.5 Å². The molecule has 156 valence electrons. The third kappa shape index (κ3) is 3.71. The Hall–Kier alpha value is -2.88. The zero-order valence-electron chi connectivity index (χ0n) is 16.4. The summed E-state index contributed by atoms with van der Waals surface area (Å²) in [6, 6.07) is 2.93. The lowest BCUT2D eigenvalue weighted by Gasteiger charge is -2.23. The van der Waals surface area contributed by atoms with E-state index >= 15 is 0 Å². The Balaban J connectivity index is 2.28. The molecule has 0 fully saturated rings. The number of alkyl halides is 2. The zero-order chi connectivity index (χ0) is 21.5. The number of rotatable bonds is 6. The number of aromatic nitrogens is 4. The van der Waals surface area contributed by atoms with Crippen LogP contribution in [-0.4, -0.2) is 39.0 Å². The number of hydrogen-bond donors (Lipinski definition) is 2. The standard InChI is InChI=1S/C19H22F3N5O2/c1-9(2)15(10-5-6-11(16(21)22)12(20)7-10)27-17-14(13(8-28)25-27)18(29)24-19(23-17)26(3)4/h5-7,9,15-16,28H,8H2,1-4H3,(H,23,24,29)/t15-/m1/s1. The fraction of sp³-hybridized carbons (Fsp3) is 0.421. The zero-order valence-corrected chi connectivity index (χ0v) is 16.4. The van der Waals surface area contributed by atoms with Gasteiger partial charge in [-0.25, -0.2) is 17.9 Å². The van der Waals surface area contributed by atoms with Gasteiger partial charge in [0.15, 0.2) is 5.65 Å². The first kappa shape index (κ1) is 20.8. The van der Waals surface area contributed by atoms with Gasteiger partial charge in [0.2, 0.25) is 5.95 Å². The number of aliphatic hydroxyl groups is 1. The van der Waals surface area contributed by atoms with Crippen LogP contribution in [0.1, 0.15) is 43.1 Å². The molecule has 2 N–H and O–H groups in total. The molecule has 2 aromatic heterocycles. The number of aromatic amines is 1. The number of nitrogens with one attached hydrogen (secondary N) is 1. The van der Waals surface area contributed by atoms with Gasteiger partial charge in [0.1, 0.15) is 16.9 Å². The van der Waals surface area contributed by atoms with Crippen molar-refractivity contribution >= 4 is 17.0 Å². The Labute approximate surface area is 164 Å². The van der Waals surface area contributed by atoms with Gasteiger partial charge in [-0.15, -0.1) is 0 Å². The van der Waals surface area contributed by atoms with Gasteiger partial charge in [-0.1, -0.05) is 26.0 Å². The van der Waals surface area contributed by atoms with Crippen molar-refractivity contribution in [3.8, 4) is 0 Å². The van der Waals surface area contributed by atoms with Gasteiger partial charge in [-0.2, -0.15) is 10.1 Å². The third-order valence-electron chi connectivity index (χ3n) is 4.69. The van der Waals surface area contributed by atoms with E-state index in [0.717, 1.165) is 12.1 Å². The van der Waals surface area contributed by atoms with Crippen LogP contribution in [0.2, 0.25) is 0 Å². The van der Waals surface area contributed by atoms with Crippen molar-refractivity contribution in [2.75, 3.05) is 19.0 Å². The number of anilines is 1. The predicted octanol–water partition coefficient (Wildman–Crippen LogP) is 3.00. The molecule has 0 spiro atoms. The molecule has 7 nitrogen and oxygen atoms in total. The second-order valence-electron chi connectivity index (χ2n) is 7.30. The molecule has 0 aliphatic carbocycles. The summed E-state index contributed by atoms with van der Waals surface area (Å²) in [7, 11) is 3.41. The first-order valence-electron chi connectivity index (χ1n) is 9.02. The minimum absolute atomic E-state index is 0.133.